The maximum Gasteiger partial charge on any atom is 0.281 e. The van der Waals surface area contributed by atoms with Gasteiger partial charge in [-0.1, -0.05) is 36.4 Å². The molecule has 0 N–H and O–H groups in total. The number of aromatic nitrogens is 2. The maximum absolute atomic E-state index is 12.4. The molecule has 0 amide bonds. The minimum Gasteiger partial charge on any atom is -0.282 e. The van der Waals surface area contributed by atoms with Gasteiger partial charge in [0.2, 0.25) is 0 Å². The van der Waals surface area contributed by atoms with E-state index in [2.05, 4.69) is 23.3 Å². The largest absolute Gasteiger partial charge is 0.282 e. The fourth-order valence-electron chi connectivity index (χ4n) is 3.57. The molecule has 2 aromatic carbocycles. The third-order valence-electron chi connectivity index (χ3n) is 5.36. The molecule has 9 heteroatoms. The van der Waals surface area contributed by atoms with Gasteiger partial charge < -0.3 is 0 Å². The van der Waals surface area contributed by atoms with Crippen molar-refractivity contribution in [3.05, 3.63) is 65.0 Å². The van der Waals surface area contributed by atoms with Crippen molar-refractivity contribution in [1.29, 1.82) is 0 Å². The Morgan fingerprint density at radius 3 is 2.33 bits per heavy atom. The van der Waals surface area contributed by atoms with E-state index in [-0.39, 0.29) is 5.56 Å². The second-order valence-electron chi connectivity index (χ2n) is 7.57. The Morgan fingerprint density at radius 2 is 1.63 bits per heavy atom. The van der Waals surface area contributed by atoms with E-state index < -0.39 is 10.2 Å². The number of fused-ring (bicyclic) bond motifs is 1. The topological polar surface area (TPSA) is 78.8 Å². The van der Waals surface area contributed by atoms with Crippen LogP contribution in [0.1, 0.15) is 0 Å². The second-order valence-corrected chi connectivity index (χ2v) is 9.71. The lowest BCUT2D eigenvalue weighted by Gasteiger charge is -2.34. The van der Waals surface area contributed by atoms with Gasteiger partial charge in [-0.3, -0.25) is 9.69 Å². The zero-order valence-electron chi connectivity index (χ0n) is 17.1. The van der Waals surface area contributed by atoms with Crippen molar-refractivity contribution in [2.75, 3.05) is 40.3 Å². The highest BCUT2D eigenvalue weighted by Crippen LogP contribution is 2.22. The van der Waals surface area contributed by atoms with Crippen LogP contribution in [0.15, 0.2) is 59.4 Å². The number of piperazine rings is 1. The van der Waals surface area contributed by atoms with Crippen LogP contribution in [0.4, 0.5) is 0 Å². The molecule has 0 aliphatic carbocycles. The summed E-state index contributed by atoms with van der Waals surface area (Å²) in [6, 6.07) is 17.5. The van der Waals surface area contributed by atoms with Crippen LogP contribution < -0.4 is 5.56 Å². The fraction of sp³-hybridized carbons (Fsp3) is 0.333. The van der Waals surface area contributed by atoms with Crippen molar-refractivity contribution in [2.45, 2.75) is 6.67 Å². The molecule has 0 atom stereocenters. The molecule has 1 aliphatic heterocycles. The van der Waals surface area contributed by atoms with Crippen LogP contribution in [0.25, 0.3) is 22.0 Å². The van der Waals surface area contributed by atoms with Crippen LogP contribution >= 0.6 is 0 Å². The van der Waals surface area contributed by atoms with Crippen LogP contribution in [0.3, 0.4) is 0 Å². The standard InChI is InChI=1S/C21H25N5O3S/c1-23(2)30(28,29)25-13-11-24(12-14-25)16-26-21(27)10-9-20(22-26)19-8-7-17-5-3-4-6-18(17)15-19/h3-10,15H,11-14,16H2,1-2H3. The molecule has 3 aromatic rings. The number of benzene rings is 2. The summed E-state index contributed by atoms with van der Waals surface area (Å²) in [7, 11) is -0.347. The SMILES string of the molecule is CN(C)S(=O)(=O)N1CCN(Cn2nc(-c3ccc4ccccc4c3)ccc2=O)CC1. The third-order valence-corrected chi connectivity index (χ3v) is 7.31. The molecule has 4 rings (SSSR count). The van der Waals surface area contributed by atoms with Gasteiger partial charge in [0.05, 0.1) is 12.4 Å². The van der Waals surface area contributed by atoms with Crippen molar-refractivity contribution in [2.24, 2.45) is 0 Å². The lowest BCUT2D eigenvalue weighted by molar-refractivity contribution is 0.140. The Balaban J connectivity index is 1.51. The van der Waals surface area contributed by atoms with Gasteiger partial charge in [-0.15, -0.1) is 0 Å². The molecule has 0 radical (unpaired) electrons. The maximum atomic E-state index is 12.4. The molecule has 0 unspecified atom stereocenters. The average molecular weight is 428 g/mol. The second kappa shape index (κ2) is 8.27. The van der Waals surface area contributed by atoms with Gasteiger partial charge in [0.1, 0.15) is 0 Å². The number of hydrogen-bond acceptors (Lipinski definition) is 5. The van der Waals surface area contributed by atoms with Crippen LogP contribution in [-0.4, -0.2) is 72.0 Å². The Hall–Kier alpha value is -2.59. The summed E-state index contributed by atoms with van der Waals surface area (Å²) >= 11 is 0. The van der Waals surface area contributed by atoms with Crippen LogP contribution in [-0.2, 0) is 16.9 Å². The van der Waals surface area contributed by atoms with E-state index >= 15 is 0 Å². The van der Waals surface area contributed by atoms with Gasteiger partial charge in [-0.25, -0.2) is 4.68 Å². The summed E-state index contributed by atoms with van der Waals surface area (Å²) in [5.74, 6) is 0. The third kappa shape index (κ3) is 4.15. The molecule has 0 saturated carbocycles. The highest BCUT2D eigenvalue weighted by atomic mass is 32.2. The zero-order valence-corrected chi connectivity index (χ0v) is 17.9. The lowest BCUT2D eigenvalue weighted by atomic mass is 10.1. The van der Waals surface area contributed by atoms with Crippen molar-refractivity contribution in [3.63, 3.8) is 0 Å². The van der Waals surface area contributed by atoms with E-state index in [1.165, 1.54) is 33.5 Å². The lowest BCUT2D eigenvalue weighted by Crippen LogP contribution is -2.52. The van der Waals surface area contributed by atoms with Crippen LogP contribution in [0.5, 0.6) is 0 Å². The normalized spacial score (nSPS) is 16.4. The van der Waals surface area contributed by atoms with E-state index in [1.807, 2.05) is 29.2 Å². The quantitative estimate of drug-likeness (QED) is 0.616. The summed E-state index contributed by atoms with van der Waals surface area (Å²) in [5, 5.41) is 6.83. The van der Waals surface area contributed by atoms with Gasteiger partial charge in [-0.2, -0.15) is 22.1 Å². The predicted molar refractivity (Wildman–Crippen MR) is 117 cm³/mol. The summed E-state index contributed by atoms with van der Waals surface area (Å²) in [4.78, 5) is 14.4. The number of nitrogens with zero attached hydrogens (tertiary/aromatic N) is 5. The molecule has 8 nitrogen and oxygen atoms in total. The van der Waals surface area contributed by atoms with Crippen LogP contribution in [0, 0.1) is 0 Å². The first-order valence-corrected chi connectivity index (χ1v) is 11.2. The zero-order chi connectivity index (χ0) is 21.3. The summed E-state index contributed by atoms with van der Waals surface area (Å²) in [5.41, 5.74) is 1.50. The van der Waals surface area contributed by atoms with E-state index in [9.17, 15) is 13.2 Å². The Kier molecular flexibility index (Phi) is 5.70. The first-order valence-electron chi connectivity index (χ1n) is 9.82. The van der Waals surface area contributed by atoms with Gasteiger partial charge in [0.25, 0.3) is 15.8 Å². The molecule has 1 aromatic heterocycles. The minimum atomic E-state index is -3.41. The fourth-order valence-corrected chi connectivity index (χ4v) is 4.66. The molecule has 1 fully saturated rings. The van der Waals surface area contributed by atoms with Gasteiger partial charge >= 0.3 is 0 Å². The Labute approximate surface area is 176 Å². The summed E-state index contributed by atoms with van der Waals surface area (Å²) < 4.78 is 28.7. The molecule has 1 saturated heterocycles. The van der Waals surface area contributed by atoms with Crippen molar-refractivity contribution in [1.82, 2.24) is 23.3 Å². The average Bonchev–Trinajstić information content (AvgIpc) is 2.75. The first kappa shape index (κ1) is 20.7. The molecular formula is C21H25N5O3S. The minimum absolute atomic E-state index is 0.178. The van der Waals surface area contributed by atoms with E-state index in [0.29, 0.717) is 32.8 Å². The Bertz CT molecular complexity index is 1210. The highest BCUT2D eigenvalue weighted by Gasteiger charge is 2.28. The number of rotatable bonds is 5. The molecule has 0 spiro atoms. The van der Waals surface area contributed by atoms with E-state index in [1.54, 1.807) is 6.07 Å². The van der Waals surface area contributed by atoms with Crippen LogP contribution in [0.2, 0.25) is 0 Å². The number of hydrogen-bond donors (Lipinski definition) is 0. The molecule has 1 aliphatic rings. The molecule has 30 heavy (non-hydrogen) atoms. The van der Waals surface area contributed by atoms with Gasteiger partial charge in [-0.05, 0) is 22.9 Å². The van der Waals surface area contributed by atoms with Crippen molar-refractivity contribution < 1.29 is 8.42 Å². The molecule has 0 bridgehead atoms. The van der Waals surface area contributed by atoms with Crippen molar-refractivity contribution >= 4 is 21.0 Å². The molecule has 2 heterocycles. The van der Waals surface area contributed by atoms with Gasteiger partial charge in [0.15, 0.2) is 0 Å². The molecular weight excluding hydrogens is 402 g/mol. The monoisotopic (exact) mass is 427 g/mol. The first-order chi connectivity index (χ1) is 14.3. The van der Waals surface area contributed by atoms with E-state index in [4.69, 9.17) is 0 Å². The summed E-state index contributed by atoms with van der Waals surface area (Å²) in [6.07, 6.45) is 0. The van der Waals surface area contributed by atoms with E-state index in [0.717, 1.165) is 22.0 Å². The molecule has 158 valence electrons. The van der Waals surface area contributed by atoms with Crippen molar-refractivity contribution in [3.8, 4) is 11.3 Å². The predicted octanol–water partition coefficient (Wildman–Crippen LogP) is 1.45. The smallest absolute Gasteiger partial charge is 0.281 e. The Morgan fingerprint density at radius 1 is 0.933 bits per heavy atom. The highest BCUT2D eigenvalue weighted by molar-refractivity contribution is 7.86. The van der Waals surface area contributed by atoms with Gasteiger partial charge in [0, 0.05) is 51.9 Å². The summed E-state index contributed by atoms with van der Waals surface area (Å²) in [6.45, 7) is 2.19.